The van der Waals surface area contributed by atoms with Crippen molar-refractivity contribution in [1.82, 2.24) is 6.15 Å². The molecule has 7 heteroatoms. The number of nitro groups is 1. The maximum absolute atomic E-state index is 11.5. The molecule has 0 saturated heterocycles. The molecule has 0 spiro atoms. The summed E-state index contributed by atoms with van der Waals surface area (Å²) in [7, 11) is 1.36. The summed E-state index contributed by atoms with van der Waals surface area (Å²) in [5.74, 6) is -0.264. The third-order valence-electron chi connectivity index (χ3n) is 2.34. The summed E-state index contributed by atoms with van der Waals surface area (Å²) < 4.78 is 4.73. The topological polar surface area (TPSA) is 104 Å². The quantitative estimate of drug-likeness (QED) is 0.359. The Kier molecular flexibility index (Phi) is 14.1. The van der Waals surface area contributed by atoms with Gasteiger partial charge in [-0.15, -0.1) is 11.8 Å². The average Bonchev–Trinajstić information content (AvgIpc) is 2.38. The fraction of sp³-hybridized carbons (Fsp3) is 0.500. The van der Waals surface area contributed by atoms with Crippen molar-refractivity contribution in [1.29, 1.82) is 0 Å². The van der Waals surface area contributed by atoms with E-state index in [9.17, 15) is 14.9 Å². The standard InChI is InChI=1S/C12H15NO4S.2CH4.H3N/c1-3-4-11(12(14)17-2)18-10-7-5-9(6-8-10)13(15)16;;;/h5-8,11H,3-4H2,1-2H3;2*1H4;1H3. The summed E-state index contributed by atoms with van der Waals surface area (Å²) in [6.45, 7) is 1.99. The van der Waals surface area contributed by atoms with Crippen LogP contribution in [0.5, 0.6) is 0 Å². The molecule has 0 radical (unpaired) electrons. The predicted octanol–water partition coefficient (Wildman–Crippen LogP) is 4.46. The van der Waals surface area contributed by atoms with Crippen LogP contribution in [0.1, 0.15) is 34.6 Å². The SMILES string of the molecule is C.C.CCCC(Sc1ccc([N+](=O)[O-])cc1)C(=O)OC.N. The van der Waals surface area contributed by atoms with Crippen LogP contribution < -0.4 is 6.15 Å². The van der Waals surface area contributed by atoms with Crippen LogP contribution in [-0.2, 0) is 9.53 Å². The minimum absolute atomic E-state index is 0. The molecular formula is C14H26N2O4S. The Bertz CT molecular complexity index is 423. The van der Waals surface area contributed by atoms with Gasteiger partial charge in [-0.05, 0) is 18.6 Å². The number of methoxy groups -OCH3 is 1. The molecule has 0 saturated carbocycles. The van der Waals surface area contributed by atoms with E-state index >= 15 is 0 Å². The lowest BCUT2D eigenvalue weighted by Gasteiger charge is -2.12. The highest BCUT2D eigenvalue weighted by atomic mass is 32.2. The van der Waals surface area contributed by atoms with Crippen LogP contribution in [0.2, 0.25) is 0 Å². The molecule has 122 valence electrons. The summed E-state index contributed by atoms with van der Waals surface area (Å²) in [5, 5.41) is 10.3. The third kappa shape index (κ3) is 7.67. The Morgan fingerprint density at radius 2 is 1.86 bits per heavy atom. The van der Waals surface area contributed by atoms with Crippen molar-refractivity contribution < 1.29 is 14.5 Å². The van der Waals surface area contributed by atoms with Crippen molar-refractivity contribution in [2.24, 2.45) is 0 Å². The van der Waals surface area contributed by atoms with Crippen LogP contribution in [0, 0.1) is 10.1 Å². The van der Waals surface area contributed by atoms with Crippen molar-refractivity contribution >= 4 is 23.4 Å². The monoisotopic (exact) mass is 318 g/mol. The minimum Gasteiger partial charge on any atom is -0.468 e. The molecule has 0 bridgehead atoms. The van der Waals surface area contributed by atoms with E-state index < -0.39 is 4.92 Å². The first-order chi connectivity index (χ1) is 8.58. The summed E-state index contributed by atoms with van der Waals surface area (Å²) in [6.07, 6.45) is 1.59. The summed E-state index contributed by atoms with van der Waals surface area (Å²) in [5.41, 5.74) is 0.0458. The molecule has 1 aromatic carbocycles. The zero-order chi connectivity index (χ0) is 13.5. The lowest BCUT2D eigenvalue weighted by Crippen LogP contribution is -2.18. The number of esters is 1. The first-order valence-corrected chi connectivity index (χ1v) is 6.45. The van der Waals surface area contributed by atoms with E-state index in [0.717, 1.165) is 11.3 Å². The predicted molar refractivity (Wildman–Crippen MR) is 88.1 cm³/mol. The first-order valence-electron chi connectivity index (χ1n) is 5.57. The highest BCUT2D eigenvalue weighted by molar-refractivity contribution is 8.00. The largest absolute Gasteiger partial charge is 0.468 e. The molecule has 0 amide bonds. The fourth-order valence-corrected chi connectivity index (χ4v) is 2.60. The second kappa shape index (κ2) is 12.2. The zero-order valence-electron chi connectivity index (χ0n) is 11.0. The fourth-order valence-electron chi connectivity index (χ4n) is 1.43. The molecule has 3 N–H and O–H groups in total. The number of nitrogens with zero attached hydrogens (tertiary/aromatic N) is 1. The van der Waals surface area contributed by atoms with E-state index in [1.165, 1.54) is 31.0 Å². The zero-order valence-corrected chi connectivity index (χ0v) is 11.8. The number of thioether (sulfide) groups is 1. The molecular weight excluding hydrogens is 292 g/mol. The number of hydrogen-bond donors (Lipinski definition) is 1. The Morgan fingerprint density at radius 1 is 1.33 bits per heavy atom. The summed E-state index contributed by atoms with van der Waals surface area (Å²) in [4.78, 5) is 22.4. The lowest BCUT2D eigenvalue weighted by atomic mass is 10.2. The van der Waals surface area contributed by atoms with Crippen LogP contribution in [0.25, 0.3) is 0 Å². The molecule has 0 fully saturated rings. The molecule has 0 heterocycles. The molecule has 6 nitrogen and oxygen atoms in total. The highest BCUT2D eigenvalue weighted by Crippen LogP contribution is 2.28. The summed E-state index contributed by atoms with van der Waals surface area (Å²) in [6, 6.07) is 6.16. The molecule has 1 aromatic rings. The molecule has 0 aliphatic heterocycles. The Balaban J connectivity index is -0.00000108. The van der Waals surface area contributed by atoms with Crippen LogP contribution in [0.3, 0.4) is 0 Å². The molecule has 1 unspecified atom stereocenters. The van der Waals surface area contributed by atoms with E-state index in [1.807, 2.05) is 6.92 Å². The number of carbonyl (C=O) groups excluding carboxylic acids is 1. The minimum atomic E-state index is -0.446. The van der Waals surface area contributed by atoms with E-state index in [-0.39, 0.29) is 37.9 Å². The van der Waals surface area contributed by atoms with Crippen molar-refractivity contribution in [3.63, 3.8) is 0 Å². The second-order valence-electron chi connectivity index (χ2n) is 3.67. The van der Waals surface area contributed by atoms with Gasteiger partial charge in [0.1, 0.15) is 5.25 Å². The normalized spacial score (nSPS) is 10.2. The molecule has 0 aliphatic carbocycles. The van der Waals surface area contributed by atoms with Gasteiger partial charge in [0.05, 0.1) is 12.0 Å². The van der Waals surface area contributed by atoms with Gasteiger partial charge in [0.15, 0.2) is 0 Å². The number of carbonyl (C=O) groups is 1. The van der Waals surface area contributed by atoms with Gasteiger partial charge in [0, 0.05) is 17.0 Å². The number of rotatable bonds is 6. The smallest absolute Gasteiger partial charge is 0.319 e. The molecule has 0 aliphatic rings. The maximum atomic E-state index is 11.5. The van der Waals surface area contributed by atoms with Gasteiger partial charge in [-0.25, -0.2) is 0 Å². The van der Waals surface area contributed by atoms with Crippen LogP contribution >= 0.6 is 11.8 Å². The van der Waals surface area contributed by atoms with Gasteiger partial charge < -0.3 is 10.9 Å². The van der Waals surface area contributed by atoms with Crippen LogP contribution in [-0.4, -0.2) is 23.3 Å². The Morgan fingerprint density at radius 3 is 2.24 bits per heavy atom. The second-order valence-corrected chi connectivity index (χ2v) is 4.95. The van der Waals surface area contributed by atoms with E-state index in [2.05, 4.69) is 0 Å². The number of nitro benzene ring substituents is 1. The van der Waals surface area contributed by atoms with Crippen molar-refractivity contribution in [2.75, 3.05) is 7.11 Å². The van der Waals surface area contributed by atoms with E-state index in [1.54, 1.807) is 12.1 Å². The number of non-ortho nitro benzene ring substituents is 1. The lowest BCUT2D eigenvalue weighted by molar-refractivity contribution is -0.384. The van der Waals surface area contributed by atoms with E-state index in [4.69, 9.17) is 4.74 Å². The van der Waals surface area contributed by atoms with E-state index in [0.29, 0.717) is 6.42 Å². The number of benzene rings is 1. The molecule has 21 heavy (non-hydrogen) atoms. The average molecular weight is 318 g/mol. The van der Waals surface area contributed by atoms with Gasteiger partial charge in [-0.3, -0.25) is 14.9 Å². The van der Waals surface area contributed by atoms with Crippen molar-refractivity contribution in [2.45, 2.75) is 44.8 Å². The van der Waals surface area contributed by atoms with Gasteiger partial charge in [0.25, 0.3) is 5.69 Å². The van der Waals surface area contributed by atoms with Gasteiger partial charge in [-0.2, -0.15) is 0 Å². The highest BCUT2D eigenvalue weighted by Gasteiger charge is 2.19. The molecule has 0 aromatic heterocycles. The molecule has 1 rings (SSSR count). The van der Waals surface area contributed by atoms with Crippen molar-refractivity contribution in [3.05, 3.63) is 34.4 Å². The number of hydrogen-bond acceptors (Lipinski definition) is 6. The van der Waals surface area contributed by atoms with Gasteiger partial charge in [-0.1, -0.05) is 28.2 Å². The molecule has 1 atom stereocenters. The first kappa shape index (κ1) is 24.4. The number of ether oxygens (including phenoxy) is 1. The van der Waals surface area contributed by atoms with Crippen LogP contribution in [0.15, 0.2) is 29.2 Å². The Hall–Kier alpha value is -1.60. The third-order valence-corrected chi connectivity index (χ3v) is 3.60. The maximum Gasteiger partial charge on any atom is 0.319 e. The Labute approximate surface area is 131 Å². The van der Waals surface area contributed by atoms with Gasteiger partial charge in [0.2, 0.25) is 0 Å². The summed E-state index contributed by atoms with van der Waals surface area (Å²) >= 11 is 1.37. The van der Waals surface area contributed by atoms with Gasteiger partial charge >= 0.3 is 5.97 Å². The van der Waals surface area contributed by atoms with Crippen molar-refractivity contribution in [3.8, 4) is 0 Å². The van der Waals surface area contributed by atoms with Crippen LogP contribution in [0.4, 0.5) is 5.69 Å².